The van der Waals surface area contributed by atoms with E-state index in [-0.39, 0.29) is 11.8 Å². The fourth-order valence-electron chi connectivity index (χ4n) is 4.24. The molecule has 6 nitrogen and oxygen atoms in total. The lowest BCUT2D eigenvalue weighted by molar-refractivity contribution is -0.127. The van der Waals surface area contributed by atoms with Crippen molar-refractivity contribution in [3.05, 3.63) is 24.3 Å². The Morgan fingerprint density at radius 2 is 1.89 bits per heavy atom. The summed E-state index contributed by atoms with van der Waals surface area (Å²) in [5, 5.41) is 9.16. The van der Waals surface area contributed by atoms with Crippen molar-refractivity contribution in [1.29, 1.82) is 0 Å². The molecule has 0 radical (unpaired) electrons. The molecule has 2 fully saturated rings. The van der Waals surface area contributed by atoms with Crippen LogP contribution in [0, 0.1) is 11.8 Å². The van der Waals surface area contributed by atoms with Gasteiger partial charge in [-0.15, -0.1) is 0 Å². The maximum atomic E-state index is 12.5. The summed E-state index contributed by atoms with van der Waals surface area (Å²) < 4.78 is 0. The minimum absolute atomic E-state index is 0.0421. The fraction of sp³-hybridized carbons (Fsp3) is 0.636. The van der Waals surface area contributed by atoms with Crippen LogP contribution in [0.1, 0.15) is 46.0 Å². The van der Waals surface area contributed by atoms with E-state index in [1.54, 1.807) is 6.92 Å². The summed E-state index contributed by atoms with van der Waals surface area (Å²) in [6.07, 6.45) is 5.16. The lowest BCUT2D eigenvalue weighted by Crippen LogP contribution is -2.42. The van der Waals surface area contributed by atoms with Gasteiger partial charge < -0.3 is 20.9 Å². The second kappa shape index (κ2) is 9.92. The maximum Gasteiger partial charge on any atom is 0.246 e. The standard InChI is InChI=1S/C22H34N4O2/c1-16(18-8-10-23-11-9-18)14-21(27)24-17(2)22(28)25-19-6-5-7-20(15-19)26-12-3-4-13-26/h5-7,15-18,23H,3-4,8-14H2,1-2H3,(H,24,27)(H,25,28). The molecule has 3 rings (SSSR count). The first-order chi connectivity index (χ1) is 13.5. The number of nitrogens with zero attached hydrogens (tertiary/aromatic N) is 1. The van der Waals surface area contributed by atoms with E-state index in [1.165, 1.54) is 12.8 Å². The van der Waals surface area contributed by atoms with E-state index < -0.39 is 6.04 Å². The van der Waals surface area contributed by atoms with Gasteiger partial charge in [-0.3, -0.25) is 9.59 Å². The SMILES string of the molecule is CC(NC(=O)CC(C)C1CCNCC1)C(=O)Nc1cccc(N2CCCC2)c1. The van der Waals surface area contributed by atoms with Crippen molar-refractivity contribution in [1.82, 2.24) is 10.6 Å². The number of hydrogen-bond acceptors (Lipinski definition) is 4. The van der Waals surface area contributed by atoms with E-state index in [0.717, 1.165) is 50.4 Å². The van der Waals surface area contributed by atoms with Crippen molar-refractivity contribution in [2.45, 2.75) is 52.0 Å². The minimum Gasteiger partial charge on any atom is -0.371 e. The van der Waals surface area contributed by atoms with Crippen LogP contribution in [0.2, 0.25) is 0 Å². The van der Waals surface area contributed by atoms with Crippen molar-refractivity contribution in [3.8, 4) is 0 Å². The Morgan fingerprint density at radius 1 is 1.18 bits per heavy atom. The highest BCUT2D eigenvalue weighted by Crippen LogP contribution is 2.25. The number of rotatable bonds is 7. The number of piperidine rings is 1. The van der Waals surface area contributed by atoms with Gasteiger partial charge in [-0.1, -0.05) is 13.0 Å². The van der Waals surface area contributed by atoms with E-state index in [1.807, 2.05) is 18.2 Å². The van der Waals surface area contributed by atoms with E-state index in [0.29, 0.717) is 18.3 Å². The molecule has 2 atom stereocenters. The highest BCUT2D eigenvalue weighted by atomic mass is 16.2. The number of carbonyl (C=O) groups excluding carboxylic acids is 2. The first-order valence-corrected chi connectivity index (χ1v) is 10.7. The first kappa shape index (κ1) is 20.6. The number of nitrogens with one attached hydrogen (secondary N) is 3. The molecule has 2 aliphatic rings. The topological polar surface area (TPSA) is 73.5 Å². The molecule has 28 heavy (non-hydrogen) atoms. The molecule has 2 aliphatic heterocycles. The monoisotopic (exact) mass is 386 g/mol. The Bertz CT molecular complexity index is 666. The Balaban J connectivity index is 1.47. The average molecular weight is 387 g/mol. The normalized spacial score (nSPS) is 19.9. The van der Waals surface area contributed by atoms with Gasteiger partial charge in [-0.2, -0.15) is 0 Å². The Hall–Kier alpha value is -2.08. The minimum atomic E-state index is -0.553. The third kappa shape index (κ3) is 5.71. The molecule has 3 N–H and O–H groups in total. The molecule has 0 bridgehead atoms. The predicted octanol–water partition coefficient (Wildman–Crippen LogP) is 2.76. The Labute approximate surface area is 168 Å². The molecule has 2 unspecified atom stereocenters. The van der Waals surface area contributed by atoms with Gasteiger partial charge in [0.2, 0.25) is 11.8 Å². The number of anilines is 2. The van der Waals surface area contributed by atoms with Crippen molar-refractivity contribution >= 4 is 23.2 Å². The molecule has 2 saturated heterocycles. The molecule has 0 aromatic heterocycles. The maximum absolute atomic E-state index is 12.5. The zero-order valence-electron chi connectivity index (χ0n) is 17.2. The van der Waals surface area contributed by atoms with Gasteiger partial charge >= 0.3 is 0 Å². The highest BCUT2D eigenvalue weighted by Gasteiger charge is 2.24. The third-order valence-corrected chi connectivity index (χ3v) is 6.05. The smallest absolute Gasteiger partial charge is 0.246 e. The van der Waals surface area contributed by atoms with Crippen molar-refractivity contribution in [3.63, 3.8) is 0 Å². The second-order valence-electron chi connectivity index (χ2n) is 8.29. The van der Waals surface area contributed by atoms with E-state index in [9.17, 15) is 9.59 Å². The zero-order chi connectivity index (χ0) is 19.9. The number of amides is 2. The van der Waals surface area contributed by atoms with Gasteiger partial charge in [0.1, 0.15) is 6.04 Å². The Kier molecular flexibility index (Phi) is 7.31. The van der Waals surface area contributed by atoms with Crippen LogP contribution in [0.5, 0.6) is 0 Å². The van der Waals surface area contributed by atoms with Crippen molar-refractivity contribution in [2.75, 3.05) is 36.4 Å². The fourth-order valence-corrected chi connectivity index (χ4v) is 4.24. The Morgan fingerprint density at radius 3 is 2.61 bits per heavy atom. The number of hydrogen-bond donors (Lipinski definition) is 3. The average Bonchev–Trinajstić information content (AvgIpc) is 3.23. The van der Waals surface area contributed by atoms with E-state index in [2.05, 4.69) is 33.8 Å². The van der Waals surface area contributed by atoms with E-state index >= 15 is 0 Å². The quantitative estimate of drug-likeness (QED) is 0.674. The van der Waals surface area contributed by atoms with Crippen LogP contribution in [0.25, 0.3) is 0 Å². The number of benzene rings is 1. The molecular weight excluding hydrogens is 352 g/mol. The molecule has 1 aromatic rings. The summed E-state index contributed by atoms with van der Waals surface area (Å²) in [6.45, 7) is 8.09. The summed E-state index contributed by atoms with van der Waals surface area (Å²) in [4.78, 5) is 27.2. The lowest BCUT2D eigenvalue weighted by atomic mass is 9.84. The molecule has 6 heteroatoms. The zero-order valence-corrected chi connectivity index (χ0v) is 17.2. The first-order valence-electron chi connectivity index (χ1n) is 10.7. The van der Waals surface area contributed by atoms with Crippen LogP contribution in [-0.2, 0) is 9.59 Å². The second-order valence-corrected chi connectivity index (χ2v) is 8.29. The van der Waals surface area contributed by atoms with E-state index in [4.69, 9.17) is 0 Å². The molecule has 2 amide bonds. The molecule has 1 aromatic carbocycles. The summed E-state index contributed by atoms with van der Waals surface area (Å²) in [6, 6.07) is 7.40. The van der Waals surface area contributed by atoms with Gasteiger partial charge in [0.15, 0.2) is 0 Å². The van der Waals surface area contributed by atoms with Crippen LogP contribution < -0.4 is 20.9 Å². The summed E-state index contributed by atoms with van der Waals surface area (Å²) in [5.74, 6) is 0.708. The lowest BCUT2D eigenvalue weighted by Gasteiger charge is -2.28. The molecule has 0 saturated carbocycles. The van der Waals surface area contributed by atoms with Crippen LogP contribution in [-0.4, -0.2) is 44.0 Å². The van der Waals surface area contributed by atoms with Crippen LogP contribution in [0.4, 0.5) is 11.4 Å². The highest BCUT2D eigenvalue weighted by molar-refractivity contribution is 5.97. The third-order valence-electron chi connectivity index (χ3n) is 6.05. The van der Waals surface area contributed by atoms with Gasteiger partial charge in [-0.05, 0) is 75.7 Å². The summed E-state index contributed by atoms with van der Waals surface area (Å²) >= 11 is 0. The molecule has 0 spiro atoms. The predicted molar refractivity (Wildman–Crippen MR) is 113 cm³/mol. The van der Waals surface area contributed by atoms with Crippen LogP contribution >= 0.6 is 0 Å². The largest absolute Gasteiger partial charge is 0.371 e. The molecule has 154 valence electrons. The molecule has 2 heterocycles. The van der Waals surface area contributed by atoms with Crippen molar-refractivity contribution in [2.24, 2.45) is 11.8 Å². The molecular formula is C22H34N4O2. The van der Waals surface area contributed by atoms with Gasteiger partial charge in [0.05, 0.1) is 0 Å². The van der Waals surface area contributed by atoms with Crippen LogP contribution in [0.3, 0.4) is 0 Å². The van der Waals surface area contributed by atoms with Gasteiger partial charge in [0.25, 0.3) is 0 Å². The van der Waals surface area contributed by atoms with Gasteiger partial charge in [0, 0.05) is 30.9 Å². The van der Waals surface area contributed by atoms with Crippen molar-refractivity contribution < 1.29 is 9.59 Å². The summed E-state index contributed by atoms with van der Waals surface area (Å²) in [7, 11) is 0. The molecule has 0 aliphatic carbocycles. The number of carbonyl (C=O) groups is 2. The summed E-state index contributed by atoms with van der Waals surface area (Å²) in [5.41, 5.74) is 1.92. The van der Waals surface area contributed by atoms with Crippen LogP contribution in [0.15, 0.2) is 24.3 Å². The van der Waals surface area contributed by atoms with Gasteiger partial charge in [-0.25, -0.2) is 0 Å².